The number of esters is 2. The minimum atomic E-state index is -1.56. The molecule has 1 aliphatic heterocycles. The van der Waals surface area contributed by atoms with Crippen molar-refractivity contribution in [2.45, 2.75) is 232 Å². The van der Waals surface area contributed by atoms with E-state index in [0.717, 1.165) is 6.04 Å². The van der Waals surface area contributed by atoms with Crippen molar-refractivity contribution in [3.63, 3.8) is 0 Å². The summed E-state index contributed by atoms with van der Waals surface area (Å²) in [6, 6.07) is 5.57. The van der Waals surface area contributed by atoms with Crippen molar-refractivity contribution in [3.05, 3.63) is 48.0 Å². The van der Waals surface area contributed by atoms with Crippen LogP contribution < -0.4 is 16.0 Å². The Morgan fingerprint density at radius 2 is 1.38 bits per heavy atom. The van der Waals surface area contributed by atoms with Crippen molar-refractivity contribution in [1.29, 1.82) is 0 Å². The number of aliphatic hydroxyl groups is 1. The average molecular weight is 1240 g/mol. The molecule has 0 bridgehead atoms. The van der Waals surface area contributed by atoms with Crippen LogP contribution in [0.1, 0.15) is 132 Å². The van der Waals surface area contributed by atoms with E-state index in [1.807, 2.05) is 52.0 Å². The Bertz CT molecular complexity index is 2400. The third-order valence-corrected chi connectivity index (χ3v) is 20.7. The fraction of sp³-hybridized carbons (Fsp3) is 0.750. The summed E-state index contributed by atoms with van der Waals surface area (Å²) in [4.78, 5) is 117. The summed E-state index contributed by atoms with van der Waals surface area (Å²) < 4.78 is 29.3. The Labute approximate surface area is 516 Å². The third-order valence-electron chi connectivity index (χ3n) is 17.2. The Kier molecular flexibility index (Phi) is 30.2. The van der Waals surface area contributed by atoms with Crippen molar-refractivity contribution in [2.75, 3.05) is 48.1 Å². The highest BCUT2D eigenvalue weighted by atomic mass is 28.3. The van der Waals surface area contributed by atoms with Gasteiger partial charge in [0.2, 0.25) is 29.5 Å². The maximum Gasteiger partial charge on any atom is 0.410 e. The van der Waals surface area contributed by atoms with E-state index in [2.05, 4.69) is 55.2 Å². The monoisotopic (exact) mass is 1240 g/mol. The van der Waals surface area contributed by atoms with Crippen molar-refractivity contribution in [2.24, 2.45) is 29.1 Å². The topological polar surface area (TPSA) is 249 Å². The number of nitrogens with zero attached hydrogens (tertiary/aromatic N) is 3. The van der Waals surface area contributed by atoms with Gasteiger partial charge in [-0.15, -0.1) is 0 Å². The maximum atomic E-state index is 14.9. The number of carbonyl (C=O) groups excluding carboxylic acids is 8. The molecule has 2 aliphatic rings. The van der Waals surface area contributed by atoms with Crippen LogP contribution in [0.5, 0.6) is 0 Å². The SMILES string of the molecule is CC[C@H](C)[C@@H](C(CC(=O)N1CCC[C@H]1[C@H](OC)[C@@H](C)C(=O)N[C@H](C)[C@@H](O)c1ccccc1)OC)N(C)C(=O)[C@@H](NC(=O)[C@H](C(C)C)N(C)C(=O)O[C@H]1/C=C/CC[C@@](C)(C(=O)N[C@@H](CC(=O)OCC[Si](C)(C)C)C(=O)OCC[Si](C)(C)C)CC1)C(C)C. The number of carbonyl (C=O) groups is 8. The van der Waals surface area contributed by atoms with Gasteiger partial charge in [0.05, 0.1) is 68.4 Å². The summed E-state index contributed by atoms with van der Waals surface area (Å²) in [5.41, 5.74) is -0.353. The number of likely N-dealkylation sites (N-methyl/N-ethyl adjacent to an activating group) is 2. The number of benzene rings is 1. The van der Waals surface area contributed by atoms with Gasteiger partial charge in [0.15, 0.2) is 0 Å². The number of amides is 6. The van der Waals surface area contributed by atoms with E-state index in [4.69, 9.17) is 23.7 Å². The molecule has 1 saturated heterocycles. The van der Waals surface area contributed by atoms with Gasteiger partial charge in [-0.2, -0.15) is 0 Å². The van der Waals surface area contributed by atoms with Crippen LogP contribution in [0.15, 0.2) is 42.5 Å². The molecule has 0 aromatic heterocycles. The van der Waals surface area contributed by atoms with Crippen LogP contribution in [0.4, 0.5) is 4.79 Å². The standard InChI is InChI=1S/C64H110N6O14Si2/c1-20-43(6)55(50(80-12)40-51(71)70-34-26-30-49(70)57(81-13)44(7)58(74)65-45(8)56(73)46-27-22-21-23-28-46)68(10)60(76)53(41(2)3)67-59(75)54(42(4)5)69(11)63(79)84-47-29-24-25-32-64(9,33-31-47)62(78)66-48(61(77)83-36-38-86(17,18)19)39-52(72)82-35-37-85(14,15)16/h21-24,27-29,41-45,47-50,53-57,73H,20,25-26,30-40H2,1-19H3,(H,65,74)(H,66,78)(H,67,75)/b29-24+/t43-,44+,45+,47-,48-,49-,50?,53-,54-,55-,56+,57+,64+/m0/s1. The molecule has 1 fully saturated rings. The number of methoxy groups -OCH3 is 2. The van der Waals surface area contributed by atoms with Gasteiger partial charge in [-0.05, 0) is 86.9 Å². The molecule has 1 aromatic rings. The zero-order chi connectivity index (χ0) is 65.0. The number of nitrogens with one attached hydrogen (secondary N) is 3. The van der Waals surface area contributed by atoms with Crippen LogP contribution in [-0.4, -0.2) is 186 Å². The molecule has 0 spiro atoms. The second kappa shape index (κ2) is 34.6. The molecule has 6 amide bonds. The lowest BCUT2D eigenvalue weighted by Crippen LogP contribution is -2.60. The smallest absolute Gasteiger partial charge is 0.410 e. The molecule has 1 aliphatic carbocycles. The zero-order valence-corrected chi connectivity index (χ0v) is 57.6. The zero-order valence-electron chi connectivity index (χ0n) is 55.6. The number of aliphatic hydroxyl groups excluding tert-OH is 1. The lowest BCUT2D eigenvalue weighted by Gasteiger charge is -2.41. The number of hydrogen-bond acceptors (Lipinski definition) is 14. The van der Waals surface area contributed by atoms with E-state index in [-0.39, 0.29) is 56.6 Å². The van der Waals surface area contributed by atoms with Gasteiger partial charge in [-0.1, -0.05) is 138 Å². The van der Waals surface area contributed by atoms with Crippen LogP contribution in [0, 0.1) is 29.1 Å². The van der Waals surface area contributed by atoms with E-state index in [9.17, 15) is 43.5 Å². The maximum absolute atomic E-state index is 14.9. The molecular formula is C64H110N6O14Si2. The Morgan fingerprint density at radius 3 is 1.94 bits per heavy atom. The van der Waals surface area contributed by atoms with Gasteiger partial charge in [-0.25, -0.2) is 9.59 Å². The van der Waals surface area contributed by atoms with E-state index in [1.54, 1.807) is 69.7 Å². The van der Waals surface area contributed by atoms with Gasteiger partial charge >= 0.3 is 18.0 Å². The number of hydrogen-bond donors (Lipinski definition) is 4. The summed E-state index contributed by atoms with van der Waals surface area (Å²) in [5, 5.41) is 19.7. The fourth-order valence-electron chi connectivity index (χ4n) is 11.3. The van der Waals surface area contributed by atoms with Crippen molar-refractivity contribution in [1.82, 2.24) is 30.7 Å². The van der Waals surface area contributed by atoms with Crippen LogP contribution in [-0.2, 0) is 57.2 Å². The molecule has 0 saturated carbocycles. The minimum absolute atomic E-state index is 0.0758. The fourth-order valence-corrected chi connectivity index (χ4v) is 12.8. The molecule has 13 atom stereocenters. The van der Waals surface area contributed by atoms with Crippen molar-refractivity contribution < 1.29 is 67.1 Å². The number of allylic oxidation sites excluding steroid dienone is 1. The van der Waals surface area contributed by atoms with Crippen LogP contribution in [0.2, 0.25) is 51.4 Å². The number of rotatable bonds is 32. The largest absolute Gasteiger partial charge is 0.466 e. The molecule has 1 unspecified atom stereocenters. The number of likely N-dealkylation sites (tertiary alicyclic amines) is 1. The van der Waals surface area contributed by atoms with E-state index in [1.165, 1.54) is 26.2 Å². The average Bonchev–Trinajstić information content (AvgIpc) is 2.98. The highest BCUT2D eigenvalue weighted by Gasteiger charge is 2.45. The number of ether oxygens (including phenoxy) is 5. The van der Waals surface area contributed by atoms with Crippen LogP contribution >= 0.6 is 0 Å². The highest BCUT2D eigenvalue weighted by Crippen LogP contribution is 2.35. The van der Waals surface area contributed by atoms with E-state index in [0.29, 0.717) is 50.3 Å². The second-order valence-electron chi connectivity index (χ2n) is 27.5. The van der Waals surface area contributed by atoms with Gasteiger partial charge in [0, 0.05) is 56.4 Å². The summed E-state index contributed by atoms with van der Waals surface area (Å²) in [6.45, 7) is 30.3. The first kappa shape index (κ1) is 75.1. The first-order chi connectivity index (χ1) is 40.1. The van der Waals surface area contributed by atoms with Crippen LogP contribution in [0.25, 0.3) is 0 Å². The predicted molar refractivity (Wildman–Crippen MR) is 339 cm³/mol. The molecule has 3 rings (SSSR count). The Morgan fingerprint density at radius 1 is 0.767 bits per heavy atom. The second-order valence-corrected chi connectivity index (χ2v) is 38.7. The molecule has 86 heavy (non-hydrogen) atoms. The molecule has 0 radical (unpaired) electrons. The van der Waals surface area contributed by atoms with E-state index >= 15 is 0 Å². The third kappa shape index (κ3) is 22.8. The van der Waals surface area contributed by atoms with E-state index < -0.39 is 136 Å². The molecule has 22 heteroatoms. The Balaban J connectivity index is 1.75. The molecule has 1 aromatic carbocycles. The van der Waals surface area contributed by atoms with Crippen LogP contribution in [0.3, 0.4) is 0 Å². The summed E-state index contributed by atoms with van der Waals surface area (Å²) in [7, 11) is 3.10. The molecule has 488 valence electrons. The summed E-state index contributed by atoms with van der Waals surface area (Å²) in [5.74, 6) is -4.91. The van der Waals surface area contributed by atoms with Crippen molar-refractivity contribution >= 4 is 63.7 Å². The van der Waals surface area contributed by atoms with Gasteiger partial charge in [0.25, 0.3) is 0 Å². The molecule has 1 heterocycles. The normalized spacial score (nSPS) is 21.3. The van der Waals surface area contributed by atoms with Gasteiger partial charge in [0.1, 0.15) is 24.2 Å². The molecule has 20 nitrogen and oxygen atoms in total. The van der Waals surface area contributed by atoms with Gasteiger partial charge in [-0.3, -0.25) is 33.7 Å². The first-order valence-electron chi connectivity index (χ1n) is 31.3. The lowest BCUT2D eigenvalue weighted by atomic mass is 9.77. The quantitative estimate of drug-likeness (QED) is 0.0229. The van der Waals surface area contributed by atoms with Crippen molar-refractivity contribution in [3.8, 4) is 0 Å². The highest BCUT2D eigenvalue weighted by molar-refractivity contribution is 6.76. The molecular weight excluding hydrogens is 1130 g/mol. The Hall–Kier alpha value is -5.17. The lowest BCUT2D eigenvalue weighted by molar-refractivity contribution is -0.154. The summed E-state index contributed by atoms with van der Waals surface area (Å²) >= 11 is 0. The molecule has 4 N–H and O–H groups in total. The first-order valence-corrected chi connectivity index (χ1v) is 38.7. The minimum Gasteiger partial charge on any atom is -0.466 e. The predicted octanol–water partition coefficient (Wildman–Crippen LogP) is 8.52. The summed E-state index contributed by atoms with van der Waals surface area (Å²) in [6.07, 6.45) is 2.53. The van der Waals surface area contributed by atoms with Gasteiger partial charge < -0.3 is 54.5 Å².